The highest BCUT2D eigenvalue weighted by Gasteiger charge is 2.67. The van der Waals surface area contributed by atoms with Crippen molar-refractivity contribution in [2.45, 2.75) is 18.3 Å². The van der Waals surface area contributed by atoms with E-state index in [-0.39, 0.29) is 18.5 Å². The molecule has 3 aromatic rings. The van der Waals surface area contributed by atoms with Gasteiger partial charge in [-0.3, -0.25) is 9.59 Å². The summed E-state index contributed by atoms with van der Waals surface area (Å²) >= 11 is 0. The summed E-state index contributed by atoms with van der Waals surface area (Å²) in [5.74, 6) is -1.64. The Balaban J connectivity index is 1.30. The predicted octanol–water partition coefficient (Wildman–Crippen LogP) is 3.87. The second-order valence-corrected chi connectivity index (χ2v) is 8.42. The topological polar surface area (TPSA) is 55.8 Å². The van der Waals surface area contributed by atoms with E-state index in [0.717, 1.165) is 22.0 Å². The van der Waals surface area contributed by atoms with E-state index < -0.39 is 23.5 Å². The van der Waals surface area contributed by atoms with Crippen LogP contribution < -0.4 is 4.90 Å². The molecule has 154 valence electrons. The molecule has 2 saturated heterocycles. The van der Waals surface area contributed by atoms with E-state index in [1.165, 1.54) is 0 Å². The lowest BCUT2D eigenvalue weighted by Gasteiger charge is -2.23. The zero-order chi connectivity index (χ0) is 21.0. The van der Waals surface area contributed by atoms with Crippen LogP contribution in [0.15, 0.2) is 84.9 Å². The van der Waals surface area contributed by atoms with Crippen LogP contribution in [0, 0.1) is 11.8 Å². The van der Waals surface area contributed by atoms with Gasteiger partial charge in [0, 0.05) is 5.39 Å². The first-order valence-corrected chi connectivity index (χ1v) is 10.5. The molecule has 0 unspecified atom stereocenters. The van der Waals surface area contributed by atoms with E-state index in [2.05, 4.69) is 0 Å². The summed E-state index contributed by atoms with van der Waals surface area (Å²) in [4.78, 5) is 28.4. The smallest absolute Gasteiger partial charge is 0.313 e. The molecule has 2 fully saturated rings. The molecule has 0 aliphatic carbocycles. The minimum absolute atomic E-state index is 0.0788. The second kappa shape index (κ2) is 6.79. The molecule has 0 aromatic heterocycles. The molecule has 31 heavy (non-hydrogen) atoms. The molecular formula is C26H21NO4. The highest BCUT2D eigenvalue weighted by Crippen LogP contribution is 2.53. The van der Waals surface area contributed by atoms with Gasteiger partial charge in [0.25, 0.3) is 0 Å². The van der Waals surface area contributed by atoms with Gasteiger partial charge >= 0.3 is 5.97 Å². The van der Waals surface area contributed by atoms with Gasteiger partial charge in [-0.1, -0.05) is 78.9 Å². The molecular weight excluding hydrogens is 390 g/mol. The van der Waals surface area contributed by atoms with E-state index in [0.29, 0.717) is 6.54 Å². The number of benzene rings is 3. The van der Waals surface area contributed by atoms with Crippen molar-refractivity contribution in [2.24, 2.45) is 11.8 Å². The number of esters is 1. The Bertz CT molecular complexity index is 1220. The Hall–Kier alpha value is -3.44. The first kappa shape index (κ1) is 18.3. The lowest BCUT2D eigenvalue weighted by Crippen LogP contribution is -2.40. The summed E-state index contributed by atoms with van der Waals surface area (Å²) in [6, 6.07) is 23.5. The number of nitrogens with zero attached hydrogens (tertiary/aromatic N) is 1. The third kappa shape index (κ3) is 2.73. The van der Waals surface area contributed by atoms with Gasteiger partial charge < -0.3 is 14.4 Å². The molecule has 3 aliphatic heterocycles. The zero-order valence-corrected chi connectivity index (χ0v) is 16.8. The summed E-state index contributed by atoms with van der Waals surface area (Å²) in [6.07, 6.45) is 3.46. The van der Waals surface area contributed by atoms with Gasteiger partial charge in [0.2, 0.25) is 5.91 Å². The van der Waals surface area contributed by atoms with Crippen molar-refractivity contribution < 1.29 is 19.1 Å². The van der Waals surface area contributed by atoms with E-state index in [4.69, 9.17) is 9.47 Å². The highest BCUT2D eigenvalue weighted by atomic mass is 16.6. The molecule has 3 aliphatic rings. The molecule has 5 nitrogen and oxygen atoms in total. The van der Waals surface area contributed by atoms with Gasteiger partial charge in [-0.25, -0.2) is 0 Å². The summed E-state index contributed by atoms with van der Waals surface area (Å²) < 4.78 is 11.8. The largest absolute Gasteiger partial charge is 0.460 e. The van der Waals surface area contributed by atoms with E-state index in [9.17, 15) is 9.59 Å². The summed E-state index contributed by atoms with van der Waals surface area (Å²) in [5, 5.41) is 2.08. The average Bonchev–Trinajstić information content (AvgIpc) is 3.46. The highest BCUT2D eigenvalue weighted by molar-refractivity contribution is 6.08. The molecule has 0 N–H and O–H groups in total. The Morgan fingerprint density at radius 2 is 1.81 bits per heavy atom. The fraction of sp³-hybridized carbons (Fsp3) is 0.231. The molecule has 0 radical (unpaired) electrons. The molecule has 5 heteroatoms. The van der Waals surface area contributed by atoms with Crippen molar-refractivity contribution >= 4 is 28.3 Å². The van der Waals surface area contributed by atoms with Crippen LogP contribution in [-0.4, -0.2) is 30.1 Å². The van der Waals surface area contributed by atoms with Crippen molar-refractivity contribution in [1.29, 1.82) is 0 Å². The monoisotopic (exact) mass is 411 g/mol. The Labute approximate surface area is 179 Å². The van der Waals surface area contributed by atoms with Crippen LogP contribution in [0.4, 0.5) is 5.69 Å². The molecule has 4 atom stereocenters. The van der Waals surface area contributed by atoms with E-state index in [1.54, 1.807) is 4.90 Å². The van der Waals surface area contributed by atoms with Crippen LogP contribution in [-0.2, 0) is 25.7 Å². The van der Waals surface area contributed by atoms with Crippen LogP contribution in [0.2, 0.25) is 0 Å². The lowest BCUT2D eigenvalue weighted by atomic mass is 9.77. The molecule has 1 spiro atoms. The van der Waals surface area contributed by atoms with Gasteiger partial charge in [-0.2, -0.15) is 0 Å². The molecule has 0 saturated carbocycles. The van der Waals surface area contributed by atoms with Crippen LogP contribution in [0.5, 0.6) is 0 Å². The number of ether oxygens (including phenoxy) is 2. The Morgan fingerprint density at radius 1 is 1.03 bits per heavy atom. The first-order chi connectivity index (χ1) is 15.2. The molecule has 3 heterocycles. The van der Waals surface area contributed by atoms with Gasteiger partial charge in [0.1, 0.15) is 18.1 Å². The standard InChI is InChI=1S/C26H21NO4/c28-24-23-22(25(29)30-15-17-7-2-1-3-8-17)21-13-14-26(23,31-21)16-27(24)20-12-6-10-18-9-4-5-11-19(18)20/h1-14,21-23H,15-16H2/t21-,22-,23+,26-/m0/s1. The maximum Gasteiger partial charge on any atom is 0.313 e. The third-order valence-corrected chi connectivity index (χ3v) is 6.65. The predicted molar refractivity (Wildman–Crippen MR) is 116 cm³/mol. The maximum absolute atomic E-state index is 13.6. The number of hydrogen-bond donors (Lipinski definition) is 0. The molecule has 1 amide bonds. The lowest BCUT2D eigenvalue weighted by molar-refractivity contribution is -0.153. The number of hydrogen-bond acceptors (Lipinski definition) is 4. The number of anilines is 1. The van der Waals surface area contributed by atoms with E-state index in [1.807, 2.05) is 84.9 Å². The van der Waals surface area contributed by atoms with Crippen molar-refractivity contribution in [1.82, 2.24) is 0 Å². The summed E-state index contributed by atoms with van der Waals surface area (Å²) in [5.41, 5.74) is 0.999. The van der Waals surface area contributed by atoms with Crippen LogP contribution in [0.1, 0.15) is 5.56 Å². The summed E-state index contributed by atoms with van der Waals surface area (Å²) in [6.45, 7) is 0.591. The normalized spacial score (nSPS) is 28.3. The zero-order valence-electron chi connectivity index (χ0n) is 16.8. The van der Waals surface area contributed by atoms with Crippen LogP contribution in [0.25, 0.3) is 10.8 Å². The van der Waals surface area contributed by atoms with Gasteiger partial charge in [0.05, 0.1) is 24.3 Å². The molecule has 6 rings (SSSR count). The van der Waals surface area contributed by atoms with Gasteiger partial charge in [-0.05, 0) is 17.0 Å². The van der Waals surface area contributed by atoms with E-state index >= 15 is 0 Å². The Morgan fingerprint density at radius 3 is 2.68 bits per heavy atom. The van der Waals surface area contributed by atoms with Crippen molar-refractivity contribution in [3.63, 3.8) is 0 Å². The Kier molecular flexibility index (Phi) is 4.02. The van der Waals surface area contributed by atoms with Gasteiger partial charge in [-0.15, -0.1) is 0 Å². The van der Waals surface area contributed by atoms with Crippen molar-refractivity contribution in [3.05, 3.63) is 90.5 Å². The number of rotatable bonds is 4. The molecule has 3 aromatic carbocycles. The fourth-order valence-electron chi connectivity index (χ4n) is 5.24. The quantitative estimate of drug-likeness (QED) is 0.483. The SMILES string of the molecule is O=C(OCc1ccccc1)[C@H]1[C@@H]2C=C[C@@]3(CN(c4cccc5ccccc45)C(=O)[C@@H]13)O2. The molecule has 2 bridgehead atoms. The van der Waals surface area contributed by atoms with Gasteiger partial charge in [0.15, 0.2) is 0 Å². The number of carbonyl (C=O) groups excluding carboxylic acids is 2. The minimum atomic E-state index is -0.769. The van der Waals surface area contributed by atoms with Crippen molar-refractivity contribution in [3.8, 4) is 0 Å². The third-order valence-electron chi connectivity index (χ3n) is 6.65. The maximum atomic E-state index is 13.6. The number of carbonyl (C=O) groups is 2. The fourth-order valence-corrected chi connectivity index (χ4v) is 5.24. The second-order valence-electron chi connectivity index (χ2n) is 8.42. The average molecular weight is 411 g/mol. The number of amides is 1. The first-order valence-electron chi connectivity index (χ1n) is 10.5. The van der Waals surface area contributed by atoms with Crippen molar-refractivity contribution in [2.75, 3.05) is 11.4 Å². The summed E-state index contributed by atoms with van der Waals surface area (Å²) in [7, 11) is 0. The van der Waals surface area contributed by atoms with Crippen LogP contribution in [0.3, 0.4) is 0 Å². The van der Waals surface area contributed by atoms with Crippen LogP contribution >= 0.6 is 0 Å². The minimum Gasteiger partial charge on any atom is -0.460 e. The number of fused-ring (bicyclic) bond motifs is 2.